The molecule has 1 aliphatic rings. The molecule has 1 saturated heterocycles. The molecule has 22 heavy (non-hydrogen) atoms. The van der Waals surface area contributed by atoms with Gasteiger partial charge in [-0.3, -0.25) is 0 Å². The molecular weight excluding hydrogens is 278 g/mol. The molecule has 2 aromatic heterocycles. The second-order valence-corrected chi connectivity index (χ2v) is 5.32. The number of rotatable bonds is 2. The van der Waals surface area contributed by atoms with E-state index in [9.17, 15) is 0 Å². The van der Waals surface area contributed by atoms with Gasteiger partial charge in [0, 0.05) is 30.5 Å². The molecule has 0 aliphatic carbocycles. The lowest BCUT2D eigenvalue weighted by atomic mass is 10.2. The maximum atomic E-state index is 5.76. The summed E-state index contributed by atoms with van der Waals surface area (Å²) in [6.07, 6.45) is 1.95. The number of ether oxygens (including phenoxy) is 1. The predicted octanol–water partition coefficient (Wildman–Crippen LogP) is 1.82. The summed E-state index contributed by atoms with van der Waals surface area (Å²) in [6.45, 7) is 3.15. The smallest absolute Gasteiger partial charge is 0.182 e. The molecule has 3 aromatic rings. The maximum Gasteiger partial charge on any atom is 0.182 e. The molecule has 112 valence electrons. The summed E-state index contributed by atoms with van der Waals surface area (Å²) in [4.78, 5) is 7.05. The van der Waals surface area contributed by atoms with E-state index >= 15 is 0 Å². The van der Waals surface area contributed by atoms with Gasteiger partial charge in [0.05, 0.1) is 13.2 Å². The first-order chi connectivity index (χ1) is 10.8. The third-order valence-corrected chi connectivity index (χ3v) is 3.85. The van der Waals surface area contributed by atoms with Crippen molar-refractivity contribution in [3.8, 4) is 11.4 Å². The van der Waals surface area contributed by atoms with E-state index in [0.717, 1.165) is 48.9 Å². The lowest BCUT2D eigenvalue weighted by Crippen LogP contribution is -2.37. The minimum atomic E-state index is 0.699. The first-order valence-corrected chi connectivity index (χ1v) is 7.35. The number of nitrogens with zero attached hydrogens (tertiary/aromatic N) is 4. The molecular formula is C16H17N5O. The zero-order valence-corrected chi connectivity index (χ0v) is 12.1. The highest BCUT2D eigenvalue weighted by atomic mass is 16.5. The van der Waals surface area contributed by atoms with Crippen LogP contribution in [0.1, 0.15) is 0 Å². The molecule has 2 N–H and O–H groups in total. The first-order valence-electron chi connectivity index (χ1n) is 7.35. The Morgan fingerprint density at radius 2 is 1.82 bits per heavy atom. The largest absolute Gasteiger partial charge is 0.399 e. The third-order valence-electron chi connectivity index (χ3n) is 3.85. The van der Waals surface area contributed by atoms with Crippen molar-refractivity contribution in [2.75, 3.05) is 36.9 Å². The third kappa shape index (κ3) is 2.27. The van der Waals surface area contributed by atoms with Gasteiger partial charge in [0.2, 0.25) is 0 Å². The standard InChI is InChI=1S/C16H17N5O/c17-13-5-3-12(4-6-13)15-18-16(20-8-10-22-11-9-20)14-2-1-7-21(14)19-15/h1-7H,8-11,17H2. The van der Waals surface area contributed by atoms with E-state index in [1.807, 2.05) is 47.1 Å². The maximum absolute atomic E-state index is 5.76. The molecule has 0 unspecified atom stereocenters. The van der Waals surface area contributed by atoms with Crippen LogP contribution < -0.4 is 10.6 Å². The zero-order valence-electron chi connectivity index (χ0n) is 12.1. The molecule has 1 aromatic carbocycles. The van der Waals surface area contributed by atoms with Crippen LogP contribution in [-0.4, -0.2) is 40.9 Å². The van der Waals surface area contributed by atoms with Crippen molar-refractivity contribution in [2.45, 2.75) is 0 Å². The molecule has 6 nitrogen and oxygen atoms in total. The number of aromatic nitrogens is 3. The van der Waals surface area contributed by atoms with Crippen molar-refractivity contribution in [1.82, 2.24) is 14.6 Å². The number of morpholine rings is 1. The molecule has 0 spiro atoms. The number of anilines is 2. The first kappa shape index (κ1) is 13.1. The van der Waals surface area contributed by atoms with Crippen LogP contribution in [0.5, 0.6) is 0 Å². The summed E-state index contributed by atoms with van der Waals surface area (Å²) in [7, 11) is 0. The Balaban J connectivity index is 1.84. The van der Waals surface area contributed by atoms with Gasteiger partial charge >= 0.3 is 0 Å². The van der Waals surface area contributed by atoms with Crippen molar-refractivity contribution in [3.63, 3.8) is 0 Å². The van der Waals surface area contributed by atoms with Crippen LogP contribution in [0, 0.1) is 0 Å². The highest BCUT2D eigenvalue weighted by Crippen LogP contribution is 2.24. The van der Waals surface area contributed by atoms with Gasteiger partial charge < -0.3 is 15.4 Å². The molecule has 4 rings (SSSR count). The number of benzene rings is 1. The lowest BCUT2D eigenvalue weighted by Gasteiger charge is -2.28. The van der Waals surface area contributed by atoms with Gasteiger partial charge in [-0.25, -0.2) is 9.50 Å². The van der Waals surface area contributed by atoms with E-state index in [1.165, 1.54) is 0 Å². The van der Waals surface area contributed by atoms with Gasteiger partial charge in [-0.05, 0) is 36.4 Å². The number of hydrogen-bond donors (Lipinski definition) is 1. The van der Waals surface area contributed by atoms with E-state index in [2.05, 4.69) is 10.00 Å². The van der Waals surface area contributed by atoms with Gasteiger partial charge in [-0.15, -0.1) is 5.10 Å². The van der Waals surface area contributed by atoms with Gasteiger partial charge in [0.25, 0.3) is 0 Å². The highest BCUT2D eigenvalue weighted by molar-refractivity contribution is 5.72. The predicted molar refractivity (Wildman–Crippen MR) is 85.9 cm³/mol. The van der Waals surface area contributed by atoms with Crippen LogP contribution in [0.25, 0.3) is 16.9 Å². The molecule has 0 amide bonds. The summed E-state index contributed by atoms with van der Waals surface area (Å²) >= 11 is 0. The van der Waals surface area contributed by atoms with Gasteiger partial charge in [-0.2, -0.15) is 0 Å². The topological polar surface area (TPSA) is 68.7 Å². The SMILES string of the molecule is Nc1ccc(-c2nc(N3CCOCC3)c3cccn3n2)cc1. The molecule has 1 fully saturated rings. The molecule has 6 heteroatoms. The second kappa shape index (κ2) is 5.31. The normalized spacial score (nSPS) is 15.4. The Labute approximate surface area is 128 Å². The Bertz CT molecular complexity index is 790. The van der Waals surface area contributed by atoms with Crippen molar-refractivity contribution in [2.24, 2.45) is 0 Å². The summed E-state index contributed by atoms with van der Waals surface area (Å²) in [6, 6.07) is 11.7. The fourth-order valence-electron chi connectivity index (χ4n) is 2.68. The fourth-order valence-corrected chi connectivity index (χ4v) is 2.68. The average molecular weight is 295 g/mol. The van der Waals surface area contributed by atoms with Crippen LogP contribution in [0.3, 0.4) is 0 Å². The highest BCUT2D eigenvalue weighted by Gasteiger charge is 2.18. The fraction of sp³-hybridized carbons (Fsp3) is 0.250. The number of nitrogen functional groups attached to an aromatic ring is 1. The van der Waals surface area contributed by atoms with E-state index in [-0.39, 0.29) is 0 Å². The van der Waals surface area contributed by atoms with Crippen molar-refractivity contribution in [1.29, 1.82) is 0 Å². The van der Waals surface area contributed by atoms with Crippen molar-refractivity contribution in [3.05, 3.63) is 42.6 Å². The molecule has 3 heterocycles. The van der Waals surface area contributed by atoms with Crippen LogP contribution in [-0.2, 0) is 4.74 Å². The van der Waals surface area contributed by atoms with Crippen LogP contribution >= 0.6 is 0 Å². The van der Waals surface area contributed by atoms with Crippen LogP contribution in [0.4, 0.5) is 11.5 Å². The molecule has 0 bridgehead atoms. The molecule has 0 atom stereocenters. The summed E-state index contributed by atoms with van der Waals surface area (Å²) in [5.74, 6) is 1.65. The number of nitrogens with two attached hydrogens (primary N) is 1. The van der Waals surface area contributed by atoms with E-state index < -0.39 is 0 Å². The average Bonchev–Trinajstić information content (AvgIpc) is 3.04. The number of hydrogen-bond acceptors (Lipinski definition) is 5. The molecule has 1 aliphatic heterocycles. The zero-order chi connectivity index (χ0) is 14.9. The quantitative estimate of drug-likeness (QED) is 0.730. The molecule has 0 radical (unpaired) electrons. The Kier molecular flexibility index (Phi) is 3.16. The van der Waals surface area contributed by atoms with Crippen molar-refractivity contribution >= 4 is 17.0 Å². The summed E-state index contributed by atoms with van der Waals surface area (Å²) < 4.78 is 7.32. The Hall–Kier alpha value is -2.60. The van der Waals surface area contributed by atoms with E-state index in [4.69, 9.17) is 15.5 Å². The van der Waals surface area contributed by atoms with E-state index in [1.54, 1.807) is 0 Å². The van der Waals surface area contributed by atoms with Gasteiger partial charge in [0.15, 0.2) is 11.6 Å². The van der Waals surface area contributed by atoms with Gasteiger partial charge in [0.1, 0.15) is 5.52 Å². The van der Waals surface area contributed by atoms with Crippen LogP contribution in [0.15, 0.2) is 42.6 Å². The summed E-state index contributed by atoms with van der Waals surface area (Å²) in [5, 5.41) is 4.60. The van der Waals surface area contributed by atoms with Gasteiger partial charge in [-0.1, -0.05) is 0 Å². The second-order valence-electron chi connectivity index (χ2n) is 5.32. The minimum absolute atomic E-state index is 0.699. The van der Waals surface area contributed by atoms with E-state index in [0.29, 0.717) is 5.82 Å². The Morgan fingerprint density at radius 3 is 2.59 bits per heavy atom. The van der Waals surface area contributed by atoms with Crippen LogP contribution in [0.2, 0.25) is 0 Å². The van der Waals surface area contributed by atoms with Crippen molar-refractivity contribution < 1.29 is 4.74 Å². The molecule has 0 saturated carbocycles. The Morgan fingerprint density at radius 1 is 1.05 bits per heavy atom. The lowest BCUT2D eigenvalue weighted by molar-refractivity contribution is 0.122. The monoisotopic (exact) mass is 295 g/mol. The minimum Gasteiger partial charge on any atom is -0.399 e. The summed E-state index contributed by atoms with van der Waals surface area (Å²) in [5.41, 5.74) is 8.47. The number of fused-ring (bicyclic) bond motifs is 1.